The Balaban J connectivity index is 2.50. The fourth-order valence-corrected chi connectivity index (χ4v) is 3.22. The van der Waals surface area contributed by atoms with Gasteiger partial charge in [0.2, 0.25) is 0 Å². The molecule has 2 aromatic rings. The molecule has 0 atom stereocenters. The van der Waals surface area contributed by atoms with Gasteiger partial charge in [-0.15, -0.1) is 0 Å². The summed E-state index contributed by atoms with van der Waals surface area (Å²) in [6.07, 6.45) is 2.26. The van der Waals surface area contributed by atoms with Crippen LogP contribution in [-0.4, -0.2) is 16.1 Å². The highest BCUT2D eigenvalue weighted by molar-refractivity contribution is 6.04. The molecule has 1 heterocycles. The maximum Gasteiger partial charge on any atom is 0.336 e. The molecular weight excluding hydrogens is 276 g/mol. The van der Waals surface area contributed by atoms with Gasteiger partial charge in [0.05, 0.1) is 22.2 Å². The van der Waals surface area contributed by atoms with E-state index in [9.17, 15) is 18.7 Å². The van der Waals surface area contributed by atoms with Crippen molar-refractivity contribution in [1.82, 2.24) is 4.98 Å². The van der Waals surface area contributed by atoms with Crippen molar-refractivity contribution in [2.24, 2.45) is 0 Å². The average molecular weight is 291 g/mol. The third-order valence-corrected chi connectivity index (χ3v) is 4.19. The van der Waals surface area contributed by atoms with Crippen LogP contribution in [0.3, 0.4) is 0 Å². The van der Waals surface area contributed by atoms with E-state index >= 15 is 0 Å². The molecule has 1 aromatic carbocycles. The minimum absolute atomic E-state index is 0.0682. The largest absolute Gasteiger partial charge is 0.478 e. The van der Waals surface area contributed by atoms with Crippen LogP contribution in [0.25, 0.3) is 10.9 Å². The van der Waals surface area contributed by atoms with Gasteiger partial charge >= 0.3 is 5.97 Å². The molecule has 0 amide bonds. The molecule has 1 aliphatic carbocycles. The summed E-state index contributed by atoms with van der Waals surface area (Å²) >= 11 is 0. The molecule has 0 radical (unpaired) electrons. The van der Waals surface area contributed by atoms with Crippen molar-refractivity contribution in [3.63, 3.8) is 0 Å². The number of carboxylic acid groups (broad SMARTS) is 1. The first-order valence-electron chi connectivity index (χ1n) is 6.86. The van der Waals surface area contributed by atoms with Crippen LogP contribution < -0.4 is 0 Å². The van der Waals surface area contributed by atoms with Crippen LogP contribution in [0.1, 0.15) is 48.3 Å². The summed E-state index contributed by atoms with van der Waals surface area (Å²) < 4.78 is 27.5. The first-order valence-corrected chi connectivity index (χ1v) is 6.86. The van der Waals surface area contributed by atoms with Gasteiger partial charge in [0.25, 0.3) is 0 Å². The second-order valence-corrected chi connectivity index (χ2v) is 6.14. The van der Waals surface area contributed by atoms with Crippen molar-refractivity contribution < 1.29 is 18.7 Å². The summed E-state index contributed by atoms with van der Waals surface area (Å²) in [5.41, 5.74) is 0.925. The number of halogens is 2. The maximum atomic E-state index is 14.1. The molecule has 1 aliphatic rings. The zero-order valence-corrected chi connectivity index (χ0v) is 11.8. The zero-order chi connectivity index (χ0) is 15.4. The van der Waals surface area contributed by atoms with Gasteiger partial charge in [0.15, 0.2) is 0 Å². The predicted molar refractivity (Wildman–Crippen MR) is 74.6 cm³/mol. The number of fused-ring (bicyclic) bond motifs is 2. The summed E-state index contributed by atoms with van der Waals surface area (Å²) in [4.78, 5) is 16.0. The Bertz CT molecular complexity index is 769. The smallest absolute Gasteiger partial charge is 0.336 e. The van der Waals surface area contributed by atoms with Crippen molar-refractivity contribution in [1.29, 1.82) is 0 Å². The normalized spacial score (nSPS) is 16.8. The number of nitrogens with zero attached hydrogens (tertiary/aromatic N) is 1. The van der Waals surface area contributed by atoms with Crippen LogP contribution in [0.15, 0.2) is 12.1 Å². The van der Waals surface area contributed by atoms with E-state index in [1.807, 2.05) is 13.8 Å². The second-order valence-electron chi connectivity index (χ2n) is 6.14. The van der Waals surface area contributed by atoms with E-state index in [2.05, 4.69) is 4.98 Å². The van der Waals surface area contributed by atoms with Gasteiger partial charge in [-0.3, -0.25) is 4.98 Å². The third-order valence-electron chi connectivity index (χ3n) is 4.19. The van der Waals surface area contributed by atoms with Gasteiger partial charge in [-0.05, 0) is 24.8 Å². The lowest BCUT2D eigenvalue weighted by molar-refractivity contribution is 0.0697. The quantitative estimate of drug-likeness (QED) is 0.868. The van der Waals surface area contributed by atoms with E-state index in [0.29, 0.717) is 23.7 Å². The molecule has 0 bridgehead atoms. The molecule has 21 heavy (non-hydrogen) atoms. The molecule has 0 unspecified atom stereocenters. The van der Waals surface area contributed by atoms with Gasteiger partial charge in [0, 0.05) is 17.5 Å². The number of aromatic carboxylic acids is 1. The van der Waals surface area contributed by atoms with Crippen LogP contribution in [0, 0.1) is 11.6 Å². The number of carbonyl (C=O) groups is 1. The van der Waals surface area contributed by atoms with E-state index < -0.39 is 17.6 Å². The summed E-state index contributed by atoms with van der Waals surface area (Å²) in [7, 11) is 0. The van der Waals surface area contributed by atoms with Crippen molar-refractivity contribution in [2.75, 3.05) is 0 Å². The molecule has 0 spiro atoms. The van der Waals surface area contributed by atoms with Crippen LogP contribution in [0.5, 0.6) is 0 Å². The van der Waals surface area contributed by atoms with Gasteiger partial charge in [-0.2, -0.15) is 0 Å². The lowest BCUT2D eigenvalue weighted by atomic mass is 9.74. The van der Waals surface area contributed by atoms with Gasteiger partial charge < -0.3 is 5.11 Å². The number of aromatic nitrogens is 1. The van der Waals surface area contributed by atoms with E-state index in [-0.39, 0.29) is 21.9 Å². The Morgan fingerprint density at radius 3 is 2.71 bits per heavy atom. The topological polar surface area (TPSA) is 50.2 Å². The number of benzene rings is 1. The Hall–Kier alpha value is -2.04. The number of hydrogen-bond acceptors (Lipinski definition) is 2. The summed E-state index contributed by atoms with van der Waals surface area (Å²) in [5, 5.41) is 9.42. The highest BCUT2D eigenvalue weighted by Gasteiger charge is 2.34. The number of carboxylic acids is 1. The highest BCUT2D eigenvalue weighted by Crippen LogP contribution is 2.39. The van der Waals surface area contributed by atoms with Crippen molar-refractivity contribution in [2.45, 2.75) is 38.5 Å². The molecule has 5 heteroatoms. The van der Waals surface area contributed by atoms with Crippen molar-refractivity contribution in [3.05, 3.63) is 40.6 Å². The fraction of sp³-hybridized carbons (Fsp3) is 0.375. The molecule has 3 rings (SSSR count). The minimum Gasteiger partial charge on any atom is -0.478 e. The average Bonchev–Trinajstić information content (AvgIpc) is 2.36. The van der Waals surface area contributed by atoms with E-state index in [1.165, 1.54) is 0 Å². The van der Waals surface area contributed by atoms with Gasteiger partial charge in [0.1, 0.15) is 11.6 Å². The Morgan fingerprint density at radius 2 is 2.05 bits per heavy atom. The Labute approximate surface area is 120 Å². The Morgan fingerprint density at radius 1 is 1.33 bits per heavy atom. The van der Waals surface area contributed by atoms with E-state index in [0.717, 1.165) is 18.9 Å². The monoisotopic (exact) mass is 291 g/mol. The number of rotatable bonds is 1. The van der Waals surface area contributed by atoms with Gasteiger partial charge in [-0.25, -0.2) is 13.6 Å². The summed E-state index contributed by atoms with van der Waals surface area (Å²) in [5.74, 6) is -2.82. The maximum absolute atomic E-state index is 14.1. The number of pyridine rings is 1. The third kappa shape index (κ3) is 2.07. The number of hydrogen-bond donors (Lipinski definition) is 1. The van der Waals surface area contributed by atoms with Crippen LogP contribution in [0.4, 0.5) is 8.78 Å². The second kappa shape index (κ2) is 4.48. The molecule has 3 nitrogen and oxygen atoms in total. The van der Waals surface area contributed by atoms with E-state index in [1.54, 1.807) is 0 Å². The van der Waals surface area contributed by atoms with Gasteiger partial charge in [-0.1, -0.05) is 13.8 Å². The lowest BCUT2D eigenvalue weighted by Gasteiger charge is -2.32. The first-order chi connectivity index (χ1) is 9.81. The molecule has 1 N–H and O–H groups in total. The molecule has 110 valence electrons. The molecule has 0 saturated heterocycles. The van der Waals surface area contributed by atoms with Crippen LogP contribution >= 0.6 is 0 Å². The first kappa shape index (κ1) is 13.9. The van der Waals surface area contributed by atoms with Crippen molar-refractivity contribution in [3.8, 4) is 0 Å². The summed E-state index contributed by atoms with van der Waals surface area (Å²) in [6.45, 7) is 3.95. The van der Waals surface area contributed by atoms with E-state index in [4.69, 9.17) is 0 Å². The van der Waals surface area contributed by atoms with Crippen molar-refractivity contribution >= 4 is 16.9 Å². The predicted octanol–water partition coefficient (Wildman–Crippen LogP) is 3.83. The zero-order valence-electron chi connectivity index (χ0n) is 11.8. The molecule has 0 saturated carbocycles. The summed E-state index contributed by atoms with van der Waals surface area (Å²) in [6, 6.07) is 1.80. The molecular formula is C16H15F2NO2. The standard InChI is InChI=1S/C16H15F2NO2/c1-16(2)5-3-4-9-12(15(20)21)13-10(18)6-8(17)7-11(13)19-14(9)16/h6-7H,3-5H2,1-2H3,(H,20,21). The highest BCUT2D eigenvalue weighted by atomic mass is 19.1. The molecule has 0 aliphatic heterocycles. The SMILES string of the molecule is CC1(C)CCCc2c1nc1cc(F)cc(F)c1c2C(=O)O. The Kier molecular flexibility index (Phi) is 2.97. The molecule has 0 fully saturated rings. The lowest BCUT2D eigenvalue weighted by Crippen LogP contribution is -2.27. The van der Waals surface area contributed by atoms with Crippen LogP contribution in [-0.2, 0) is 11.8 Å². The fourth-order valence-electron chi connectivity index (χ4n) is 3.22. The molecule has 1 aromatic heterocycles. The van der Waals surface area contributed by atoms with Crippen LogP contribution in [0.2, 0.25) is 0 Å². The minimum atomic E-state index is -1.19.